The molecule has 0 N–H and O–H groups in total. The van der Waals surface area contributed by atoms with E-state index in [0.717, 1.165) is 17.3 Å². The normalized spacial score (nSPS) is 10.6. The fourth-order valence-corrected chi connectivity index (χ4v) is 1.93. The number of carbonyl (C=O) groups excluding carboxylic acids is 1. The molecule has 2 aromatic rings. The summed E-state index contributed by atoms with van der Waals surface area (Å²) in [6.45, 7) is 2.19. The second kappa shape index (κ2) is 5.63. The fourth-order valence-electron chi connectivity index (χ4n) is 1.93. The number of esters is 1. The van der Waals surface area contributed by atoms with Gasteiger partial charge < -0.3 is 4.74 Å². The van der Waals surface area contributed by atoms with Crippen molar-refractivity contribution in [3.63, 3.8) is 0 Å². The number of hydrogen-bond acceptors (Lipinski definition) is 3. The monoisotopic (exact) mass is 243 g/mol. The van der Waals surface area contributed by atoms with E-state index < -0.39 is 5.97 Å². The van der Waals surface area contributed by atoms with Crippen LogP contribution in [0.5, 0.6) is 0 Å². The van der Waals surface area contributed by atoms with Gasteiger partial charge in [-0.25, -0.2) is 9.78 Å². The maximum Gasteiger partial charge on any atom is 0.356 e. The first kappa shape index (κ1) is 12.6. The number of methoxy groups -OCH3 is 1. The van der Waals surface area contributed by atoms with Crippen LogP contribution in [0, 0.1) is 0 Å². The Labute approximate surface area is 107 Å². The molecule has 1 aromatic carbocycles. The molecule has 0 spiro atoms. The number of unbranched alkanes of at least 4 members (excludes halogenated alkanes) is 1. The lowest BCUT2D eigenvalue weighted by Gasteiger charge is -2.04. The molecular weight excluding hydrogens is 226 g/mol. The number of fused-ring (bicyclic) bond motifs is 1. The summed E-state index contributed by atoms with van der Waals surface area (Å²) >= 11 is 0. The Kier molecular flexibility index (Phi) is 3.92. The first-order valence-corrected chi connectivity index (χ1v) is 6.22. The number of ether oxygens (including phenoxy) is 1. The van der Waals surface area contributed by atoms with Gasteiger partial charge in [-0.3, -0.25) is 0 Å². The molecule has 0 fully saturated rings. The largest absolute Gasteiger partial charge is 0.464 e. The predicted molar refractivity (Wildman–Crippen MR) is 71.7 cm³/mol. The average molecular weight is 243 g/mol. The summed E-state index contributed by atoms with van der Waals surface area (Å²) in [7, 11) is 1.36. The number of aromatic nitrogens is 1. The first-order chi connectivity index (χ1) is 8.74. The molecule has 0 radical (unpaired) electrons. The highest BCUT2D eigenvalue weighted by Gasteiger charge is 2.07. The van der Waals surface area contributed by atoms with E-state index in [1.807, 2.05) is 12.1 Å². The van der Waals surface area contributed by atoms with Crippen LogP contribution in [0.15, 0.2) is 30.3 Å². The molecule has 0 saturated heterocycles. The quantitative estimate of drug-likeness (QED) is 0.773. The summed E-state index contributed by atoms with van der Waals surface area (Å²) in [5, 5.41) is 1.07. The molecule has 94 valence electrons. The lowest BCUT2D eigenvalue weighted by molar-refractivity contribution is 0.0594. The minimum absolute atomic E-state index is 0.353. The third-order valence-corrected chi connectivity index (χ3v) is 2.97. The molecule has 0 saturated carbocycles. The SMILES string of the molecule is CCCCc1ccc2nc(C(=O)OC)ccc2c1. The summed E-state index contributed by atoms with van der Waals surface area (Å²) in [5.74, 6) is -0.396. The number of aryl methyl sites for hydroxylation is 1. The number of nitrogens with zero attached hydrogens (tertiary/aromatic N) is 1. The second-order valence-corrected chi connectivity index (χ2v) is 4.32. The lowest BCUT2D eigenvalue weighted by Crippen LogP contribution is -2.03. The topological polar surface area (TPSA) is 39.2 Å². The highest BCUT2D eigenvalue weighted by Crippen LogP contribution is 2.16. The molecule has 1 aromatic heterocycles. The Hall–Kier alpha value is -1.90. The maximum absolute atomic E-state index is 11.4. The first-order valence-electron chi connectivity index (χ1n) is 6.22. The molecule has 0 amide bonds. The molecule has 0 aliphatic rings. The maximum atomic E-state index is 11.4. The minimum atomic E-state index is -0.396. The van der Waals surface area contributed by atoms with Gasteiger partial charge in [-0.05, 0) is 36.6 Å². The van der Waals surface area contributed by atoms with Gasteiger partial charge in [-0.15, -0.1) is 0 Å². The van der Waals surface area contributed by atoms with Crippen molar-refractivity contribution >= 4 is 16.9 Å². The molecule has 1 heterocycles. The number of pyridine rings is 1. The molecule has 0 unspecified atom stereocenters. The van der Waals surface area contributed by atoms with E-state index >= 15 is 0 Å². The molecule has 0 bridgehead atoms. The summed E-state index contributed by atoms with van der Waals surface area (Å²) in [5.41, 5.74) is 2.50. The van der Waals surface area contributed by atoms with E-state index in [4.69, 9.17) is 0 Å². The van der Waals surface area contributed by atoms with Gasteiger partial charge in [0.15, 0.2) is 0 Å². The Morgan fingerprint density at radius 2 is 2.11 bits per heavy atom. The van der Waals surface area contributed by atoms with Gasteiger partial charge in [-0.2, -0.15) is 0 Å². The van der Waals surface area contributed by atoms with Gasteiger partial charge in [-0.1, -0.05) is 25.5 Å². The van der Waals surface area contributed by atoms with Crippen molar-refractivity contribution in [3.05, 3.63) is 41.6 Å². The van der Waals surface area contributed by atoms with Gasteiger partial charge in [0.05, 0.1) is 12.6 Å². The summed E-state index contributed by atoms with van der Waals surface area (Å²) in [6, 6.07) is 9.81. The van der Waals surface area contributed by atoms with Gasteiger partial charge >= 0.3 is 5.97 Å². The van der Waals surface area contributed by atoms with Gasteiger partial charge in [0.25, 0.3) is 0 Å². The van der Waals surface area contributed by atoms with Gasteiger partial charge in [0.1, 0.15) is 5.69 Å². The van der Waals surface area contributed by atoms with Crippen molar-refractivity contribution in [2.75, 3.05) is 7.11 Å². The number of carbonyl (C=O) groups is 1. The van der Waals surface area contributed by atoms with Crippen LogP contribution in [0.4, 0.5) is 0 Å². The van der Waals surface area contributed by atoms with E-state index in [1.165, 1.54) is 25.5 Å². The number of hydrogen-bond donors (Lipinski definition) is 0. The third kappa shape index (κ3) is 2.67. The van der Waals surface area contributed by atoms with Crippen LogP contribution < -0.4 is 0 Å². The molecule has 2 rings (SSSR count). The fraction of sp³-hybridized carbons (Fsp3) is 0.333. The predicted octanol–water partition coefficient (Wildman–Crippen LogP) is 3.36. The van der Waals surface area contributed by atoms with E-state index in [0.29, 0.717) is 5.69 Å². The van der Waals surface area contributed by atoms with Crippen molar-refractivity contribution in [1.82, 2.24) is 4.98 Å². The third-order valence-electron chi connectivity index (χ3n) is 2.97. The summed E-state index contributed by atoms with van der Waals surface area (Å²) in [6.07, 6.45) is 3.47. The van der Waals surface area contributed by atoms with Crippen LogP contribution in [-0.4, -0.2) is 18.1 Å². The highest BCUT2D eigenvalue weighted by atomic mass is 16.5. The Balaban J connectivity index is 2.33. The molecule has 0 atom stereocenters. The summed E-state index contributed by atoms with van der Waals surface area (Å²) < 4.78 is 4.66. The zero-order valence-corrected chi connectivity index (χ0v) is 10.8. The van der Waals surface area contributed by atoms with Crippen LogP contribution >= 0.6 is 0 Å². The highest BCUT2D eigenvalue weighted by molar-refractivity contribution is 5.91. The van der Waals surface area contributed by atoms with E-state index in [1.54, 1.807) is 6.07 Å². The smallest absolute Gasteiger partial charge is 0.356 e. The van der Waals surface area contributed by atoms with Gasteiger partial charge in [0.2, 0.25) is 0 Å². The van der Waals surface area contributed by atoms with Gasteiger partial charge in [0, 0.05) is 5.39 Å². The molecule has 0 aliphatic carbocycles. The second-order valence-electron chi connectivity index (χ2n) is 4.32. The zero-order valence-electron chi connectivity index (χ0n) is 10.8. The van der Waals surface area contributed by atoms with Crippen LogP contribution in [0.25, 0.3) is 10.9 Å². The molecule has 0 aliphatic heterocycles. The van der Waals surface area contributed by atoms with Crippen LogP contribution in [-0.2, 0) is 11.2 Å². The van der Waals surface area contributed by atoms with Crippen molar-refractivity contribution < 1.29 is 9.53 Å². The van der Waals surface area contributed by atoms with Crippen LogP contribution in [0.1, 0.15) is 35.8 Å². The molecule has 3 nitrogen and oxygen atoms in total. The van der Waals surface area contributed by atoms with E-state index in [9.17, 15) is 4.79 Å². The van der Waals surface area contributed by atoms with E-state index in [2.05, 4.69) is 28.8 Å². The average Bonchev–Trinajstić information content (AvgIpc) is 2.43. The molecule has 3 heteroatoms. The number of rotatable bonds is 4. The molecular formula is C15H17NO2. The zero-order chi connectivity index (χ0) is 13.0. The molecule has 18 heavy (non-hydrogen) atoms. The van der Waals surface area contributed by atoms with Crippen molar-refractivity contribution in [2.45, 2.75) is 26.2 Å². The van der Waals surface area contributed by atoms with Crippen LogP contribution in [0.3, 0.4) is 0 Å². The van der Waals surface area contributed by atoms with Crippen molar-refractivity contribution in [1.29, 1.82) is 0 Å². The van der Waals surface area contributed by atoms with E-state index in [-0.39, 0.29) is 0 Å². The van der Waals surface area contributed by atoms with Crippen molar-refractivity contribution in [2.24, 2.45) is 0 Å². The Bertz CT molecular complexity index is 563. The standard InChI is InChI=1S/C15H17NO2/c1-3-4-5-11-6-8-13-12(10-11)7-9-14(16-13)15(17)18-2/h6-10H,3-5H2,1-2H3. The van der Waals surface area contributed by atoms with Crippen LogP contribution in [0.2, 0.25) is 0 Å². The lowest BCUT2D eigenvalue weighted by atomic mass is 10.1. The minimum Gasteiger partial charge on any atom is -0.464 e. The van der Waals surface area contributed by atoms with Crippen molar-refractivity contribution in [3.8, 4) is 0 Å². The Morgan fingerprint density at radius 3 is 2.83 bits per heavy atom. The summed E-state index contributed by atoms with van der Waals surface area (Å²) in [4.78, 5) is 15.7. The Morgan fingerprint density at radius 1 is 1.28 bits per heavy atom. The number of benzene rings is 1.